The van der Waals surface area contributed by atoms with Crippen LogP contribution in [0.5, 0.6) is 0 Å². The van der Waals surface area contributed by atoms with Gasteiger partial charge in [0.2, 0.25) is 0 Å². The number of benzene rings is 2. The number of nitrogens with zero attached hydrogens (tertiary/aromatic N) is 3. The number of thiophene rings is 1. The SMILES string of the molecule is Cc1ccc2c(c1)[C@@]1(SCCN1C(=O)c1cccs1)C(=O)N2Cc1cccc(C#N)c1. The van der Waals surface area contributed by atoms with Gasteiger partial charge in [0.25, 0.3) is 11.8 Å². The number of nitriles is 1. The average molecular weight is 446 g/mol. The Kier molecular flexibility index (Phi) is 4.84. The summed E-state index contributed by atoms with van der Waals surface area (Å²) >= 11 is 2.93. The van der Waals surface area contributed by atoms with Gasteiger partial charge in [-0.3, -0.25) is 9.59 Å². The van der Waals surface area contributed by atoms with E-state index < -0.39 is 4.87 Å². The molecule has 1 fully saturated rings. The number of rotatable bonds is 3. The van der Waals surface area contributed by atoms with Crippen LogP contribution in [0, 0.1) is 18.3 Å². The molecule has 2 aliphatic rings. The zero-order valence-electron chi connectivity index (χ0n) is 16.9. The summed E-state index contributed by atoms with van der Waals surface area (Å²) in [5.74, 6) is 0.505. The fourth-order valence-electron chi connectivity index (χ4n) is 4.34. The summed E-state index contributed by atoms with van der Waals surface area (Å²) in [6, 6.07) is 19.1. The molecule has 1 atom stereocenters. The van der Waals surface area contributed by atoms with E-state index >= 15 is 0 Å². The molecule has 7 heteroatoms. The Balaban J connectivity index is 1.60. The molecule has 1 aromatic heterocycles. The standard InChI is InChI=1S/C24H19N3O2S2/c1-16-7-8-20-19(12-16)24(27(9-11-31-24)22(28)21-6-3-10-30-21)23(29)26(20)15-18-5-2-4-17(13-18)14-25/h2-8,10,12-13H,9,11,15H2,1H3/t24-/m1/s1. The fraction of sp³-hybridized carbons (Fsp3) is 0.208. The minimum atomic E-state index is -1.05. The Morgan fingerprint density at radius 1 is 1.19 bits per heavy atom. The summed E-state index contributed by atoms with van der Waals surface area (Å²) in [4.78, 5) is 30.5. The van der Waals surface area contributed by atoms with Crippen molar-refractivity contribution in [2.45, 2.75) is 18.3 Å². The Bertz CT molecular complexity index is 1230. The van der Waals surface area contributed by atoms with Crippen molar-refractivity contribution in [3.63, 3.8) is 0 Å². The third kappa shape index (κ3) is 3.06. The van der Waals surface area contributed by atoms with E-state index in [1.54, 1.807) is 15.9 Å². The Hall–Kier alpha value is -3.08. The smallest absolute Gasteiger partial charge is 0.268 e. The normalized spacial score (nSPS) is 19.7. The van der Waals surface area contributed by atoms with Crippen LogP contribution in [0.4, 0.5) is 5.69 Å². The number of fused-ring (bicyclic) bond motifs is 2. The monoisotopic (exact) mass is 445 g/mol. The molecule has 31 heavy (non-hydrogen) atoms. The van der Waals surface area contributed by atoms with Gasteiger partial charge in [-0.1, -0.05) is 35.9 Å². The van der Waals surface area contributed by atoms with Gasteiger partial charge in [0.15, 0.2) is 4.87 Å². The lowest BCUT2D eigenvalue weighted by Crippen LogP contribution is -2.50. The van der Waals surface area contributed by atoms with Crippen LogP contribution in [-0.2, 0) is 16.2 Å². The zero-order valence-corrected chi connectivity index (χ0v) is 18.5. The maximum absolute atomic E-state index is 14.0. The van der Waals surface area contributed by atoms with E-state index in [-0.39, 0.29) is 11.8 Å². The van der Waals surface area contributed by atoms with Crippen molar-refractivity contribution in [1.29, 1.82) is 5.26 Å². The van der Waals surface area contributed by atoms with Gasteiger partial charge in [0.05, 0.1) is 28.7 Å². The molecule has 1 spiro atoms. The molecule has 0 unspecified atom stereocenters. The number of anilines is 1. The number of thioether (sulfide) groups is 1. The molecule has 2 aromatic carbocycles. The van der Waals surface area contributed by atoms with Crippen molar-refractivity contribution in [2.75, 3.05) is 17.2 Å². The van der Waals surface area contributed by atoms with Crippen LogP contribution in [0.2, 0.25) is 0 Å². The number of carbonyl (C=O) groups is 2. The molecule has 3 heterocycles. The molecular weight excluding hydrogens is 426 g/mol. The molecule has 3 aromatic rings. The van der Waals surface area contributed by atoms with Crippen molar-refractivity contribution < 1.29 is 9.59 Å². The fourth-order valence-corrected chi connectivity index (χ4v) is 6.46. The molecule has 154 valence electrons. The van der Waals surface area contributed by atoms with Gasteiger partial charge in [-0.25, -0.2) is 0 Å². The van der Waals surface area contributed by atoms with Crippen molar-refractivity contribution in [3.05, 3.63) is 87.1 Å². The molecule has 5 nitrogen and oxygen atoms in total. The molecule has 0 saturated carbocycles. The minimum Gasteiger partial charge on any atom is -0.310 e. The van der Waals surface area contributed by atoms with Gasteiger partial charge in [-0.2, -0.15) is 5.26 Å². The van der Waals surface area contributed by atoms with E-state index in [0.717, 1.165) is 22.4 Å². The first-order chi connectivity index (χ1) is 15.0. The van der Waals surface area contributed by atoms with E-state index in [2.05, 4.69) is 6.07 Å². The summed E-state index contributed by atoms with van der Waals surface area (Å²) in [7, 11) is 0. The summed E-state index contributed by atoms with van der Waals surface area (Å²) in [5.41, 5.74) is 4.20. The van der Waals surface area contributed by atoms with Crippen LogP contribution in [0.15, 0.2) is 60.0 Å². The first-order valence-corrected chi connectivity index (χ1v) is 11.8. The molecular formula is C24H19N3O2S2. The highest BCUT2D eigenvalue weighted by atomic mass is 32.2. The van der Waals surface area contributed by atoms with Gasteiger partial charge in [-0.05, 0) is 42.1 Å². The largest absolute Gasteiger partial charge is 0.310 e. The lowest BCUT2D eigenvalue weighted by atomic mass is 10.0. The van der Waals surface area contributed by atoms with E-state index in [9.17, 15) is 14.9 Å². The topological polar surface area (TPSA) is 64.4 Å². The van der Waals surface area contributed by atoms with E-state index in [1.807, 2.05) is 60.8 Å². The number of hydrogen-bond donors (Lipinski definition) is 0. The summed E-state index contributed by atoms with van der Waals surface area (Å²) in [5, 5.41) is 11.1. The maximum Gasteiger partial charge on any atom is 0.268 e. The molecule has 2 aliphatic heterocycles. The van der Waals surface area contributed by atoms with Crippen molar-refractivity contribution in [2.24, 2.45) is 0 Å². The third-order valence-electron chi connectivity index (χ3n) is 5.72. The van der Waals surface area contributed by atoms with Crippen LogP contribution < -0.4 is 4.90 Å². The predicted molar refractivity (Wildman–Crippen MR) is 123 cm³/mol. The Labute approximate surface area is 188 Å². The molecule has 1 saturated heterocycles. The Morgan fingerprint density at radius 3 is 2.84 bits per heavy atom. The second kappa shape index (κ2) is 7.56. The van der Waals surface area contributed by atoms with Gasteiger partial charge < -0.3 is 9.80 Å². The summed E-state index contributed by atoms with van der Waals surface area (Å²) < 4.78 is 0. The van der Waals surface area contributed by atoms with Crippen LogP contribution >= 0.6 is 23.1 Å². The lowest BCUT2D eigenvalue weighted by Gasteiger charge is -2.33. The predicted octanol–water partition coefficient (Wildman–Crippen LogP) is 4.52. The maximum atomic E-state index is 14.0. The van der Waals surface area contributed by atoms with E-state index in [4.69, 9.17) is 0 Å². The van der Waals surface area contributed by atoms with E-state index in [1.165, 1.54) is 23.1 Å². The highest BCUT2D eigenvalue weighted by Crippen LogP contribution is 2.55. The summed E-state index contributed by atoms with van der Waals surface area (Å²) in [6.45, 7) is 2.88. The summed E-state index contributed by atoms with van der Waals surface area (Å²) in [6.07, 6.45) is 0. The van der Waals surface area contributed by atoms with Crippen molar-refractivity contribution in [1.82, 2.24) is 4.90 Å². The van der Waals surface area contributed by atoms with Crippen LogP contribution in [-0.4, -0.2) is 29.0 Å². The third-order valence-corrected chi connectivity index (χ3v) is 8.00. The average Bonchev–Trinajstić information content (AvgIpc) is 3.51. The van der Waals surface area contributed by atoms with Gasteiger partial charge in [-0.15, -0.1) is 23.1 Å². The van der Waals surface area contributed by atoms with Crippen LogP contribution in [0.1, 0.15) is 31.9 Å². The molecule has 2 amide bonds. The molecule has 0 radical (unpaired) electrons. The minimum absolute atomic E-state index is 0.0946. The zero-order chi connectivity index (χ0) is 21.6. The highest BCUT2D eigenvalue weighted by Gasteiger charge is 2.59. The molecule has 0 bridgehead atoms. The number of amides is 2. The van der Waals surface area contributed by atoms with E-state index in [0.29, 0.717) is 29.3 Å². The number of aryl methyl sites for hydroxylation is 1. The first kappa shape index (κ1) is 19.9. The van der Waals surface area contributed by atoms with Crippen LogP contribution in [0.3, 0.4) is 0 Å². The lowest BCUT2D eigenvalue weighted by molar-refractivity contribution is -0.123. The molecule has 0 aliphatic carbocycles. The second-order valence-electron chi connectivity index (χ2n) is 7.65. The molecule has 0 N–H and O–H groups in total. The second-order valence-corrected chi connectivity index (χ2v) is 9.89. The first-order valence-electron chi connectivity index (χ1n) is 9.96. The van der Waals surface area contributed by atoms with Crippen molar-refractivity contribution >= 4 is 40.6 Å². The highest BCUT2D eigenvalue weighted by molar-refractivity contribution is 8.01. The Morgan fingerprint density at radius 2 is 2.06 bits per heavy atom. The van der Waals surface area contributed by atoms with Gasteiger partial charge in [0, 0.05) is 17.9 Å². The molecule has 5 rings (SSSR count). The van der Waals surface area contributed by atoms with Crippen molar-refractivity contribution in [3.8, 4) is 6.07 Å². The van der Waals surface area contributed by atoms with Crippen LogP contribution in [0.25, 0.3) is 0 Å². The van der Waals surface area contributed by atoms with Gasteiger partial charge >= 0.3 is 0 Å². The van der Waals surface area contributed by atoms with Gasteiger partial charge in [0.1, 0.15) is 0 Å². The quantitative estimate of drug-likeness (QED) is 0.595. The number of carbonyl (C=O) groups excluding carboxylic acids is 2. The number of hydrogen-bond acceptors (Lipinski definition) is 5.